The molecule has 0 spiro atoms. The van der Waals surface area contributed by atoms with Crippen molar-refractivity contribution < 1.29 is 23.6 Å². The fourth-order valence-corrected chi connectivity index (χ4v) is 3.51. The SMILES string of the molecule is Cc1ccc(C)c(Oc2cc(NC(=O)c3ccc(COc4ccc(Cl)c(C)c4)o3)cc([N+](=O)[O-])c2)c1. The smallest absolute Gasteiger partial charge is 0.291 e. The van der Waals surface area contributed by atoms with Crippen LogP contribution < -0.4 is 14.8 Å². The molecule has 0 aliphatic heterocycles. The van der Waals surface area contributed by atoms with Gasteiger partial charge in [0, 0.05) is 17.2 Å². The van der Waals surface area contributed by atoms with Gasteiger partial charge in [-0.25, -0.2) is 0 Å². The topological polar surface area (TPSA) is 104 Å². The van der Waals surface area contributed by atoms with E-state index >= 15 is 0 Å². The van der Waals surface area contributed by atoms with Crippen LogP contribution in [0.2, 0.25) is 5.02 Å². The summed E-state index contributed by atoms with van der Waals surface area (Å²) < 4.78 is 17.2. The van der Waals surface area contributed by atoms with Crippen molar-refractivity contribution in [2.45, 2.75) is 27.4 Å². The second-order valence-electron chi connectivity index (χ2n) is 8.26. The lowest BCUT2D eigenvalue weighted by molar-refractivity contribution is -0.384. The molecular formula is C27H23ClN2O6. The number of nitro benzene ring substituents is 1. The molecule has 0 aliphatic rings. The monoisotopic (exact) mass is 506 g/mol. The van der Waals surface area contributed by atoms with Crippen LogP contribution in [0.15, 0.2) is 71.1 Å². The van der Waals surface area contributed by atoms with Gasteiger partial charge < -0.3 is 19.2 Å². The summed E-state index contributed by atoms with van der Waals surface area (Å²) in [6.07, 6.45) is 0. The van der Waals surface area contributed by atoms with Gasteiger partial charge in [-0.2, -0.15) is 0 Å². The predicted octanol–water partition coefficient (Wildman–Crippen LogP) is 7.39. The third-order valence-corrected chi connectivity index (χ3v) is 5.75. The summed E-state index contributed by atoms with van der Waals surface area (Å²) >= 11 is 6.03. The molecule has 0 unspecified atom stereocenters. The van der Waals surface area contributed by atoms with E-state index in [0.717, 1.165) is 16.7 Å². The number of hydrogen-bond acceptors (Lipinski definition) is 6. The van der Waals surface area contributed by atoms with Crippen LogP contribution in [0.4, 0.5) is 11.4 Å². The van der Waals surface area contributed by atoms with Crippen LogP contribution in [0.1, 0.15) is 33.0 Å². The number of nitro groups is 1. The largest absolute Gasteiger partial charge is 0.486 e. The molecule has 1 N–H and O–H groups in total. The van der Waals surface area contributed by atoms with Crippen molar-refractivity contribution in [2.75, 3.05) is 5.32 Å². The fourth-order valence-electron chi connectivity index (χ4n) is 3.40. The third-order valence-electron chi connectivity index (χ3n) is 5.33. The molecule has 184 valence electrons. The Bertz CT molecular complexity index is 1450. The Morgan fingerprint density at radius 1 is 0.972 bits per heavy atom. The summed E-state index contributed by atoms with van der Waals surface area (Å²) in [5.74, 6) is 1.31. The number of carbonyl (C=O) groups excluding carboxylic acids is 1. The Morgan fingerprint density at radius 2 is 1.78 bits per heavy atom. The molecule has 36 heavy (non-hydrogen) atoms. The van der Waals surface area contributed by atoms with E-state index in [2.05, 4.69) is 5.32 Å². The van der Waals surface area contributed by atoms with Crippen LogP contribution >= 0.6 is 11.6 Å². The van der Waals surface area contributed by atoms with Gasteiger partial charge in [-0.3, -0.25) is 14.9 Å². The van der Waals surface area contributed by atoms with Gasteiger partial charge in [-0.15, -0.1) is 0 Å². The number of furan rings is 1. The minimum absolute atomic E-state index is 0.0318. The molecule has 8 nitrogen and oxygen atoms in total. The first kappa shape index (κ1) is 24.8. The highest BCUT2D eigenvalue weighted by molar-refractivity contribution is 6.31. The van der Waals surface area contributed by atoms with Crippen molar-refractivity contribution in [3.63, 3.8) is 0 Å². The van der Waals surface area contributed by atoms with Gasteiger partial charge in [0.25, 0.3) is 11.6 Å². The zero-order valence-corrected chi connectivity index (χ0v) is 20.6. The van der Waals surface area contributed by atoms with Gasteiger partial charge in [-0.1, -0.05) is 23.7 Å². The standard InChI is InChI=1S/C27H23ClN2O6/c1-16-4-5-17(2)26(10-16)36-23-13-19(12-20(14-23)30(32)33)29-27(31)25-9-7-22(35-25)15-34-21-6-8-24(28)18(3)11-21/h4-14H,15H2,1-3H3,(H,29,31). The highest BCUT2D eigenvalue weighted by Crippen LogP contribution is 2.32. The van der Waals surface area contributed by atoms with Crippen molar-refractivity contribution in [3.05, 3.63) is 110 Å². The van der Waals surface area contributed by atoms with E-state index in [1.807, 2.05) is 39.0 Å². The number of nitrogens with one attached hydrogen (secondary N) is 1. The Morgan fingerprint density at radius 3 is 2.53 bits per heavy atom. The van der Waals surface area contributed by atoms with E-state index < -0.39 is 10.8 Å². The van der Waals surface area contributed by atoms with Crippen molar-refractivity contribution in [3.8, 4) is 17.2 Å². The van der Waals surface area contributed by atoms with Gasteiger partial charge in [0.1, 0.15) is 29.6 Å². The van der Waals surface area contributed by atoms with E-state index in [4.69, 9.17) is 25.5 Å². The molecule has 0 fully saturated rings. The highest BCUT2D eigenvalue weighted by Gasteiger charge is 2.17. The Labute approximate surface area is 212 Å². The van der Waals surface area contributed by atoms with Gasteiger partial charge >= 0.3 is 0 Å². The summed E-state index contributed by atoms with van der Waals surface area (Å²) in [6.45, 7) is 5.78. The number of rotatable bonds is 8. The summed E-state index contributed by atoms with van der Waals surface area (Å²) in [5, 5.41) is 14.7. The van der Waals surface area contributed by atoms with E-state index in [9.17, 15) is 14.9 Å². The fraction of sp³-hybridized carbons (Fsp3) is 0.148. The van der Waals surface area contributed by atoms with E-state index in [-0.39, 0.29) is 29.5 Å². The Hall–Kier alpha value is -4.30. The van der Waals surface area contributed by atoms with Crippen LogP contribution in [-0.4, -0.2) is 10.8 Å². The molecule has 0 saturated heterocycles. The molecule has 0 atom stereocenters. The minimum Gasteiger partial charge on any atom is -0.486 e. The average molecular weight is 507 g/mol. The minimum atomic E-state index is -0.568. The van der Waals surface area contributed by atoms with Gasteiger partial charge in [0.2, 0.25) is 0 Å². The lowest BCUT2D eigenvalue weighted by Crippen LogP contribution is -2.11. The number of amides is 1. The molecule has 4 aromatic rings. The highest BCUT2D eigenvalue weighted by atomic mass is 35.5. The average Bonchev–Trinajstić information content (AvgIpc) is 3.31. The first-order valence-electron chi connectivity index (χ1n) is 11.0. The van der Waals surface area contributed by atoms with Crippen LogP contribution in [0.5, 0.6) is 17.2 Å². The lowest BCUT2D eigenvalue weighted by atomic mass is 10.1. The molecular weight excluding hydrogens is 484 g/mol. The van der Waals surface area contributed by atoms with Crippen molar-refractivity contribution in [1.29, 1.82) is 0 Å². The van der Waals surface area contributed by atoms with Crippen LogP contribution in [0.25, 0.3) is 0 Å². The van der Waals surface area contributed by atoms with Crippen molar-refractivity contribution >= 4 is 28.9 Å². The molecule has 0 radical (unpaired) electrons. The summed E-state index contributed by atoms with van der Waals surface area (Å²) in [4.78, 5) is 23.7. The second kappa shape index (κ2) is 10.5. The summed E-state index contributed by atoms with van der Waals surface area (Å²) in [7, 11) is 0. The number of benzene rings is 3. The first-order valence-corrected chi connectivity index (χ1v) is 11.4. The van der Waals surface area contributed by atoms with Crippen LogP contribution in [-0.2, 0) is 6.61 Å². The number of non-ortho nitro benzene ring substituents is 1. The van der Waals surface area contributed by atoms with E-state index in [0.29, 0.717) is 22.3 Å². The number of anilines is 1. The summed E-state index contributed by atoms with van der Waals surface area (Å²) in [5.41, 5.74) is 2.71. The van der Waals surface area contributed by atoms with Gasteiger partial charge in [0.15, 0.2) is 5.76 Å². The molecule has 0 saturated carbocycles. The zero-order chi connectivity index (χ0) is 25.8. The second-order valence-corrected chi connectivity index (χ2v) is 8.67. The lowest BCUT2D eigenvalue weighted by Gasteiger charge is -2.11. The number of halogens is 1. The molecule has 0 aliphatic carbocycles. The Kier molecular flexibility index (Phi) is 7.26. The van der Waals surface area contributed by atoms with E-state index in [1.54, 1.807) is 24.3 Å². The number of ether oxygens (including phenoxy) is 2. The van der Waals surface area contributed by atoms with Gasteiger partial charge in [0.05, 0.1) is 16.7 Å². The molecule has 1 amide bonds. The predicted molar refractivity (Wildman–Crippen MR) is 136 cm³/mol. The molecule has 1 heterocycles. The van der Waals surface area contributed by atoms with Crippen LogP contribution in [0, 0.1) is 30.9 Å². The van der Waals surface area contributed by atoms with Crippen molar-refractivity contribution in [1.82, 2.24) is 0 Å². The summed E-state index contributed by atoms with van der Waals surface area (Å²) in [6, 6.07) is 18.2. The molecule has 4 rings (SSSR count). The maximum atomic E-state index is 12.8. The molecule has 3 aromatic carbocycles. The molecule has 1 aromatic heterocycles. The number of nitrogens with zero attached hydrogens (tertiary/aromatic N) is 1. The number of carbonyl (C=O) groups is 1. The Balaban J connectivity index is 1.48. The molecule has 0 bridgehead atoms. The normalized spacial score (nSPS) is 10.7. The zero-order valence-electron chi connectivity index (χ0n) is 19.8. The third kappa shape index (κ3) is 6.03. The number of hydrogen-bond donors (Lipinski definition) is 1. The van der Waals surface area contributed by atoms with Crippen molar-refractivity contribution in [2.24, 2.45) is 0 Å². The first-order chi connectivity index (χ1) is 17.2. The quantitative estimate of drug-likeness (QED) is 0.197. The van der Waals surface area contributed by atoms with Gasteiger partial charge in [-0.05, 0) is 73.9 Å². The molecule has 9 heteroatoms. The number of aryl methyl sites for hydroxylation is 3. The maximum absolute atomic E-state index is 12.8. The maximum Gasteiger partial charge on any atom is 0.291 e. The van der Waals surface area contributed by atoms with E-state index in [1.165, 1.54) is 24.3 Å². The van der Waals surface area contributed by atoms with Crippen LogP contribution in [0.3, 0.4) is 0 Å².